The third kappa shape index (κ3) is 12.8. The second-order valence-electron chi connectivity index (χ2n) is 29.7. The Hall–Kier alpha value is -6.28. The molecule has 14 unspecified atom stereocenters. The maximum atomic E-state index is 14.5. The van der Waals surface area contributed by atoms with E-state index in [4.69, 9.17) is 25.9 Å². The van der Waals surface area contributed by atoms with Crippen LogP contribution in [0.5, 0.6) is 11.5 Å². The normalized spacial score (nSPS) is 30.0. The topological polar surface area (TPSA) is 221 Å². The molecule has 1 saturated heterocycles. The molecule has 17 rings (SSSR count). The van der Waals surface area contributed by atoms with E-state index in [0.29, 0.717) is 74.7 Å². The van der Waals surface area contributed by atoms with Gasteiger partial charge in [0.05, 0.1) is 33.2 Å². The zero-order chi connectivity index (χ0) is 64.7. The number of benzene rings is 7. The van der Waals surface area contributed by atoms with Crippen molar-refractivity contribution in [2.75, 3.05) is 6.61 Å². The number of allylic oxidation sites excluding steroid dienone is 1. The molecule has 14 heteroatoms. The number of hydrogen-bond donors (Lipinski definition) is 6. The predicted molar refractivity (Wildman–Crippen MR) is 366 cm³/mol. The van der Waals surface area contributed by atoms with Crippen LogP contribution in [-0.2, 0) is 51.7 Å². The summed E-state index contributed by atoms with van der Waals surface area (Å²) in [4.78, 5) is 5.24. The number of aromatic hydroxyl groups is 1. The van der Waals surface area contributed by atoms with Gasteiger partial charge in [0, 0.05) is 42.6 Å². The summed E-state index contributed by atoms with van der Waals surface area (Å²) in [7, 11) is -4.97. The minimum absolute atomic E-state index is 0. The molecule has 0 amide bonds. The van der Waals surface area contributed by atoms with Gasteiger partial charge in [-0.25, -0.2) is 13.4 Å². The molecule has 488 valence electrons. The molecule has 0 aromatic heterocycles. The number of aliphatic imine (C=N–C) groups is 1. The Bertz CT molecular complexity index is 4270. The third-order valence-electron chi connectivity index (χ3n) is 24.0. The molecule has 0 radical (unpaired) electrons. The maximum absolute atomic E-state index is 14.5. The van der Waals surface area contributed by atoms with Crippen molar-refractivity contribution in [2.24, 2.45) is 46.0 Å². The molecule has 12 nitrogen and oxygen atoms in total. The first-order valence-corrected chi connectivity index (χ1v) is 36.2. The average molecular weight is 1300 g/mol. The van der Waals surface area contributed by atoms with Gasteiger partial charge in [-0.3, -0.25) is 0 Å². The first-order chi connectivity index (χ1) is 45.4. The number of hydrogen-bond acceptors (Lipinski definition) is 10. The van der Waals surface area contributed by atoms with E-state index in [9.17, 15) is 33.4 Å². The zero-order valence-electron chi connectivity index (χ0n) is 54.8. The van der Waals surface area contributed by atoms with Crippen molar-refractivity contribution in [3.05, 3.63) is 224 Å². The Morgan fingerprint density at radius 3 is 2.37 bits per heavy atom. The summed E-state index contributed by atoms with van der Waals surface area (Å²) in [5.41, 5.74) is 23.4. The zero-order valence-corrected chi connectivity index (χ0v) is 57.7. The van der Waals surface area contributed by atoms with E-state index in [1.54, 1.807) is 12.1 Å². The van der Waals surface area contributed by atoms with Gasteiger partial charge < -0.3 is 45.9 Å². The van der Waals surface area contributed by atoms with Crippen LogP contribution in [0.15, 0.2) is 162 Å². The van der Waals surface area contributed by atoms with Gasteiger partial charge in [-0.15, -0.1) is 0 Å². The van der Waals surface area contributed by atoms with Crippen molar-refractivity contribution in [3.8, 4) is 23.3 Å². The predicted octanol–water partition coefficient (Wildman–Crippen LogP) is 11.0. The number of ether oxygens (including phenoxy) is 2. The molecule has 7 aromatic rings. The van der Waals surface area contributed by atoms with E-state index in [0.717, 1.165) is 77.5 Å². The number of aliphatic hydroxyl groups is 3. The molecule has 95 heavy (non-hydrogen) atoms. The second-order valence-corrected chi connectivity index (χ2v) is 31.3. The summed E-state index contributed by atoms with van der Waals surface area (Å²) in [5, 5.41) is 49.0. The number of phenols is 1. The SMILES string of the molecule is CC1CCc2cc3ccc2C1CC(S(=O)(=O)[O-])C1C=C2CC(CC4CC(CO)CC#Cc5cc(O)ccc5C2O4)C1c1ccc(cc1)C(CC(Cc1ccccc1)C1(O)CCCC(c2ccc4c(c2)CC2(CCCC2)c2ccc5ccccc5c2CC4O)C1)(N=C(N)N)O3.[Na+]. The smallest absolute Gasteiger partial charge is 0.748 e. The molecule has 2 saturated carbocycles. The third-order valence-corrected chi connectivity index (χ3v) is 25.3. The first-order valence-electron chi connectivity index (χ1n) is 34.8. The fourth-order valence-electron chi connectivity index (χ4n) is 19.5. The van der Waals surface area contributed by atoms with Gasteiger partial charge >= 0.3 is 29.6 Å². The summed E-state index contributed by atoms with van der Waals surface area (Å²) in [6.07, 6.45) is 13.3. The van der Waals surface area contributed by atoms with Crippen LogP contribution in [0.2, 0.25) is 0 Å². The molecule has 8 N–H and O–H groups in total. The first kappa shape index (κ1) is 66.0. The van der Waals surface area contributed by atoms with Crippen molar-refractivity contribution < 1.29 is 72.4 Å². The second kappa shape index (κ2) is 26.5. The Morgan fingerprint density at radius 2 is 1.58 bits per heavy atom. The summed E-state index contributed by atoms with van der Waals surface area (Å²) in [6, 6.07) is 49.6. The molecule has 7 aromatic carbocycles. The summed E-state index contributed by atoms with van der Waals surface area (Å²) in [5.74, 6) is 4.68. The molecular formula is C81H88N3NaO9S. The average Bonchev–Trinajstić information content (AvgIpc) is 1.74. The molecule has 5 aliphatic heterocycles. The number of nitrogens with zero attached hydrogens (tertiary/aromatic N) is 1. The number of fused-ring (bicyclic) bond motifs is 14. The Balaban J connectivity index is 0.00000778. The number of rotatable bonds is 9. The molecule has 5 aliphatic carbocycles. The van der Waals surface area contributed by atoms with Crippen LogP contribution >= 0.6 is 0 Å². The molecule has 14 atom stereocenters. The molecule has 3 fully saturated rings. The van der Waals surface area contributed by atoms with Crippen molar-refractivity contribution >= 4 is 26.9 Å². The monoisotopic (exact) mass is 1300 g/mol. The van der Waals surface area contributed by atoms with Crippen LogP contribution in [0.4, 0.5) is 0 Å². The van der Waals surface area contributed by atoms with Crippen molar-refractivity contribution in [2.45, 2.75) is 187 Å². The van der Waals surface area contributed by atoms with Gasteiger partial charge in [0.2, 0.25) is 5.72 Å². The van der Waals surface area contributed by atoms with Gasteiger partial charge in [-0.1, -0.05) is 159 Å². The molecular weight excluding hydrogens is 1210 g/mol. The summed E-state index contributed by atoms with van der Waals surface area (Å²) in [6.45, 7) is 2.07. The summed E-state index contributed by atoms with van der Waals surface area (Å²) >= 11 is 0. The van der Waals surface area contributed by atoms with Crippen LogP contribution in [0.1, 0.15) is 200 Å². The number of phenolic OH excluding ortho intramolecular Hbond substituents is 1. The number of aryl methyl sites for hydroxylation is 1. The molecule has 1 spiro atoms. The van der Waals surface area contributed by atoms with Crippen LogP contribution in [0.3, 0.4) is 0 Å². The Labute approximate surface area is 582 Å². The van der Waals surface area contributed by atoms with E-state index in [-0.39, 0.29) is 102 Å². The number of aliphatic hydroxyl groups excluding tert-OH is 2. The largest absolute Gasteiger partial charge is 1.00 e. The van der Waals surface area contributed by atoms with Crippen molar-refractivity contribution in [1.82, 2.24) is 0 Å². The van der Waals surface area contributed by atoms with E-state index in [1.807, 2.05) is 54.6 Å². The number of nitrogens with two attached hydrogens (primary N) is 2. The van der Waals surface area contributed by atoms with Crippen LogP contribution in [0, 0.1) is 41.4 Å². The molecule has 10 bridgehead atoms. The maximum Gasteiger partial charge on any atom is 1.00 e. The van der Waals surface area contributed by atoms with Crippen LogP contribution < -0.4 is 45.8 Å². The molecule has 10 aliphatic rings. The van der Waals surface area contributed by atoms with E-state index in [2.05, 4.69) is 104 Å². The van der Waals surface area contributed by atoms with E-state index in [1.165, 1.54) is 45.9 Å². The van der Waals surface area contributed by atoms with Gasteiger partial charge in [0.1, 0.15) is 17.6 Å². The number of guanidine groups is 1. The van der Waals surface area contributed by atoms with Gasteiger partial charge in [-0.2, -0.15) is 0 Å². The quantitative estimate of drug-likeness (QED) is 0.0199. The Kier molecular flexibility index (Phi) is 18.4. The van der Waals surface area contributed by atoms with Gasteiger partial charge in [-0.05, 0) is 233 Å². The van der Waals surface area contributed by atoms with Crippen LogP contribution in [-0.4, -0.2) is 62.9 Å². The van der Waals surface area contributed by atoms with Gasteiger partial charge in [0.15, 0.2) is 5.96 Å². The minimum atomic E-state index is -4.97. The fourth-order valence-corrected chi connectivity index (χ4v) is 20.6. The van der Waals surface area contributed by atoms with Gasteiger partial charge in [0.25, 0.3) is 0 Å². The Morgan fingerprint density at radius 1 is 0.811 bits per heavy atom. The van der Waals surface area contributed by atoms with Crippen molar-refractivity contribution in [1.29, 1.82) is 0 Å². The van der Waals surface area contributed by atoms with Crippen molar-refractivity contribution in [3.63, 3.8) is 0 Å². The van der Waals surface area contributed by atoms with E-state index >= 15 is 0 Å². The minimum Gasteiger partial charge on any atom is -0.748 e. The molecule has 5 heterocycles. The standard InChI is InChI=1S/C81H89N3O9S.Na/c1-49-18-19-56-40-64-27-30-67(56)70(49)44-75(94(89,90)91)72-42-59-38-58(41-65-36-51(48-85)13-9-15-55-39-63(86)26-29-69(55)77(59)92-65)76(72)53-20-24-61(25-21-53)81(93-64,84-78(82)83)47-62(35-50-11-3-2-4-12-50)80(88)34-10-16-57(46-80)54-22-28-68-60(37-54)45-79(32-7-8-33-79)73-31-23-52-14-5-6-17-66(52)71(73)43-74(68)87;/h2-6,11-12,14,17,20-31,37,39-40,42,49,51,57-58,62,65,70,72,74-77,85-88H,7-8,10,13,16,18-19,32-36,38,41,43-48H2,1H3,(H4,82,83,84)(H,89,90,91);/q;+1/p-1. The fraction of sp³-hybridized carbons (Fsp3) is 0.444. The summed E-state index contributed by atoms with van der Waals surface area (Å²) < 4.78 is 58.2. The van der Waals surface area contributed by atoms with E-state index < -0.39 is 56.7 Å². The van der Waals surface area contributed by atoms with Crippen LogP contribution in [0.25, 0.3) is 10.8 Å².